The molecule has 1 heterocycles. The van der Waals surface area contributed by atoms with Crippen molar-refractivity contribution in [2.45, 2.75) is 6.10 Å². The van der Waals surface area contributed by atoms with Gasteiger partial charge in [0.25, 0.3) is 0 Å². The Bertz CT molecular complexity index is 370. The van der Waals surface area contributed by atoms with E-state index in [2.05, 4.69) is 0 Å². The van der Waals surface area contributed by atoms with Crippen molar-refractivity contribution in [1.82, 2.24) is 0 Å². The summed E-state index contributed by atoms with van der Waals surface area (Å²) in [5.41, 5.74) is 6.01. The number of ether oxygens (including phenoxy) is 2. The Morgan fingerprint density at radius 3 is 2.87 bits per heavy atom. The maximum Gasteiger partial charge on any atom is 0.179 e. The van der Waals surface area contributed by atoms with E-state index in [0.717, 1.165) is 0 Å². The highest BCUT2D eigenvalue weighted by molar-refractivity contribution is 6.32. The fraction of sp³-hybridized carbons (Fsp3) is 0.400. The van der Waals surface area contributed by atoms with E-state index in [-0.39, 0.29) is 6.54 Å². The Kier molecular flexibility index (Phi) is 3.00. The normalized spacial score (nSPS) is 16.2. The molecule has 1 aromatic carbocycles. The third-order valence-electron chi connectivity index (χ3n) is 2.23. The van der Waals surface area contributed by atoms with Gasteiger partial charge in [-0.3, -0.25) is 0 Å². The predicted molar refractivity (Wildman–Crippen MR) is 56.5 cm³/mol. The van der Waals surface area contributed by atoms with Crippen molar-refractivity contribution in [3.8, 4) is 11.5 Å². The molecule has 0 radical (unpaired) electrons. The molecule has 0 fully saturated rings. The van der Waals surface area contributed by atoms with Crippen LogP contribution in [0.2, 0.25) is 5.02 Å². The number of nitrogens with two attached hydrogens (primary N) is 1. The van der Waals surface area contributed by atoms with E-state index < -0.39 is 6.10 Å². The van der Waals surface area contributed by atoms with Crippen molar-refractivity contribution in [1.29, 1.82) is 0 Å². The maximum absolute atomic E-state index is 9.58. The zero-order chi connectivity index (χ0) is 10.8. The first kappa shape index (κ1) is 10.5. The van der Waals surface area contributed by atoms with Gasteiger partial charge >= 0.3 is 0 Å². The van der Waals surface area contributed by atoms with Crippen LogP contribution in [0, 0.1) is 0 Å². The van der Waals surface area contributed by atoms with Gasteiger partial charge in [0.05, 0.1) is 11.1 Å². The minimum atomic E-state index is -0.724. The lowest BCUT2D eigenvalue weighted by molar-refractivity contribution is 0.167. The summed E-state index contributed by atoms with van der Waals surface area (Å²) in [6.45, 7) is 1.13. The number of hydrogen-bond acceptors (Lipinski definition) is 4. The summed E-state index contributed by atoms with van der Waals surface area (Å²) in [5, 5.41) is 10.0. The van der Waals surface area contributed by atoms with Crippen LogP contribution in [-0.2, 0) is 0 Å². The zero-order valence-electron chi connectivity index (χ0n) is 8.07. The largest absolute Gasteiger partial charge is 0.486 e. The van der Waals surface area contributed by atoms with E-state index in [0.29, 0.717) is 35.3 Å². The smallest absolute Gasteiger partial charge is 0.179 e. The van der Waals surface area contributed by atoms with Crippen molar-refractivity contribution in [3.63, 3.8) is 0 Å². The van der Waals surface area contributed by atoms with E-state index in [1.54, 1.807) is 12.1 Å². The molecule has 1 aromatic rings. The number of halogens is 1. The highest BCUT2D eigenvalue weighted by atomic mass is 35.5. The van der Waals surface area contributed by atoms with Gasteiger partial charge in [-0.15, -0.1) is 0 Å². The van der Waals surface area contributed by atoms with Crippen LogP contribution in [0.15, 0.2) is 12.1 Å². The third-order valence-corrected chi connectivity index (χ3v) is 2.51. The molecule has 0 unspecified atom stereocenters. The van der Waals surface area contributed by atoms with Crippen LogP contribution >= 0.6 is 11.6 Å². The number of hydrogen-bond donors (Lipinski definition) is 2. The lowest BCUT2D eigenvalue weighted by atomic mass is 10.1. The number of aliphatic hydroxyl groups excluding tert-OH is 1. The Balaban J connectivity index is 2.40. The summed E-state index contributed by atoms with van der Waals surface area (Å²) in [6.07, 6.45) is -0.724. The highest BCUT2D eigenvalue weighted by Crippen LogP contribution is 2.39. The summed E-state index contributed by atoms with van der Waals surface area (Å²) in [5.74, 6) is 1.10. The minimum Gasteiger partial charge on any atom is -0.486 e. The average molecular weight is 230 g/mol. The Morgan fingerprint density at radius 1 is 1.40 bits per heavy atom. The van der Waals surface area contributed by atoms with Gasteiger partial charge in [-0.25, -0.2) is 0 Å². The van der Waals surface area contributed by atoms with E-state index in [1.165, 1.54) is 0 Å². The van der Waals surface area contributed by atoms with Crippen LogP contribution in [-0.4, -0.2) is 24.9 Å². The Hall–Kier alpha value is -0.970. The van der Waals surface area contributed by atoms with E-state index in [9.17, 15) is 5.11 Å². The summed E-state index contributed by atoms with van der Waals surface area (Å²) < 4.78 is 10.7. The fourth-order valence-corrected chi connectivity index (χ4v) is 1.73. The molecule has 1 aliphatic rings. The third kappa shape index (κ3) is 2.02. The molecule has 0 aromatic heterocycles. The first-order chi connectivity index (χ1) is 7.22. The molecule has 2 rings (SSSR count). The number of fused-ring (bicyclic) bond motifs is 1. The molecule has 15 heavy (non-hydrogen) atoms. The van der Waals surface area contributed by atoms with Crippen LogP contribution < -0.4 is 15.2 Å². The molecular formula is C10H12ClNO3. The predicted octanol–water partition coefficient (Wildman–Crippen LogP) is 1.10. The van der Waals surface area contributed by atoms with Crippen LogP contribution in [0.25, 0.3) is 0 Å². The second-order valence-corrected chi connectivity index (χ2v) is 3.69. The molecule has 0 saturated carbocycles. The van der Waals surface area contributed by atoms with Gasteiger partial charge in [0, 0.05) is 6.54 Å². The second-order valence-electron chi connectivity index (χ2n) is 3.28. The van der Waals surface area contributed by atoms with Gasteiger partial charge in [0.1, 0.15) is 13.2 Å². The van der Waals surface area contributed by atoms with Gasteiger partial charge in [-0.05, 0) is 17.7 Å². The summed E-state index contributed by atoms with van der Waals surface area (Å²) >= 11 is 5.99. The van der Waals surface area contributed by atoms with Gasteiger partial charge in [0.2, 0.25) is 0 Å². The molecule has 0 saturated heterocycles. The van der Waals surface area contributed by atoms with Crippen molar-refractivity contribution in [2.24, 2.45) is 5.73 Å². The monoisotopic (exact) mass is 229 g/mol. The first-order valence-electron chi connectivity index (χ1n) is 4.69. The quantitative estimate of drug-likeness (QED) is 0.797. The number of rotatable bonds is 2. The van der Waals surface area contributed by atoms with Crippen molar-refractivity contribution < 1.29 is 14.6 Å². The molecule has 82 valence electrons. The van der Waals surface area contributed by atoms with Gasteiger partial charge < -0.3 is 20.3 Å². The van der Waals surface area contributed by atoms with Crippen LogP contribution in [0.4, 0.5) is 0 Å². The summed E-state index contributed by atoms with van der Waals surface area (Å²) in [4.78, 5) is 0. The molecule has 1 aliphatic heterocycles. The summed E-state index contributed by atoms with van der Waals surface area (Å²) in [7, 11) is 0. The fourth-order valence-electron chi connectivity index (χ4n) is 1.46. The average Bonchev–Trinajstić information content (AvgIpc) is 2.28. The molecule has 0 aliphatic carbocycles. The molecule has 5 heteroatoms. The zero-order valence-corrected chi connectivity index (χ0v) is 8.83. The lowest BCUT2D eigenvalue weighted by Crippen LogP contribution is -2.17. The number of aliphatic hydroxyl groups is 1. The lowest BCUT2D eigenvalue weighted by Gasteiger charge is -2.21. The molecular weight excluding hydrogens is 218 g/mol. The number of benzene rings is 1. The van der Waals surface area contributed by atoms with E-state index in [4.69, 9.17) is 26.8 Å². The van der Waals surface area contributed by atoms with Crippen molar-refractivity contribution >= 4 is 11.6 Å². The molecule has 4 nitrogen and oxygen atoms in total. The topological polar surface area (TPSA) is 64.7 Å². The highest BCUT2D eigenvalue weighted by Gasteiger charge is 2.18. The maximum atomic E-state index is 9.58. The summed E-state index contributed by atoms with van der Waals surface area (Å²) in [6, 6.07) is 3.35. The van der Waals surface area contributed by atoms with Gasteiger partial charge in [0.15, 0.2) is 11.5 Å². The molecule has 3 N–H and O–H groups in total. The molecule has 0 amide bonds. The van der Waals surface area contributed by atoms with Crippen molar-refractivity contribution in [2.75, 3.05) is 19.8 Å². The molecule has 0 bridgehead atoms. The second kappa shape index (κ2) is 4.26. The van der Waals surface area contributed by atoms with Crippen molar-refractivity contribution in [3.05, 3.63) is 22.7 Å². The van der Waals surface area contributed by atoms with E-state index in [1.807, 2.05) is 0 Å². The SMILES string of the molecule is NC[C@H](O)c1cc(Cl)c2c(c1)OCCO2. The van der Waals surface area contributed by atoms with Crippen LogP contribution in [0.1, 0.15) is 11.7 Å². The van der Waals surface area contributed by atoms with Crippen LogP contribution in [0.5, 0.6) is 11.5 Å². The first-order valence-corrected chi connectivity index (χ1v) is 5.07. The van der Waals surface area contributed by atoms with E-state index >= 15 is 0 Å². The molecule has 1 atom stereocenters. The van der Waals surface area contributed by atoms with Gasteiger partial charge in [-0.1, -0.05) is 11.6 Å². The van der Waals surface area contributed by atoms with Crippen LogP contribution in [0.3, 0.4) is 0 Å². The minimum absolute atomic E-state index is 0.149. The Morgan fingerprint density at radius 2 is 2.13 bits per heavy atom. The molecule has 0 spiro atoms. The standard InChI is InChI=1S/C10H12ClNO3/c11-7-3-6(8(13)5-12)4-9-10(7)15-2-1-14-9/h3-4,8,13H,1-2,5,12H2/t8-/m0/s1. The Labute approximate surface area is 92.5 Å². The van der Waals surface area contributed by atoms with Gasteiger partial charge in [-0.2, -0.15) is 0 Å².